The van der Waals surface area contributed by atoms with Crippen LogP contribution in [0.2, 0.25) is 0 Å². The average molecular weight is 619 g/mol. The van der Waals surface area contributed by atoms with Crippen molar-refractivity contribution in [1.82, 2.24) is 10.2 Å². The molecule has 2 aliphatic rings. The van der Waals surface area contributed by atoms with Crippen molar-refractivity contribution in [3.8, 4) is 0 Å². The Labute approximate surface area is 244 Å². The summed E-state index contributed by atoms with van der Waals surface area (Å²) in [5.41, 5.74) is 0.0500. The quantitative estimate of drug-likeness (QED) is 0.150. The second kappa shape index (κ2) is 12.5. The van der Waals surface area contributed by atoms with Crippen molar-refractivity contribution in [1.29, 1.82) is 0 Å². The minimum atomic E-state index is -4.23. The number of amides is 2. The minimum Gasteiger partial charge on any atom is -0.456 e. The number of non-ortho nitro benzene ring substituents is 2. The first-order valence-electron chi connectivity index (χ1n) is 12.8. The van der Waals surface area contributed by atoms with E-state index in [1.807, 2.05) is 0 Å². The van der Waals surface area contributed by atoms with Gasteiger partial charge in [0, 0.05) is 37.2 Å². The van der Waals surface area contributed by atoms with Crippen molar-refractivity contribution in [2.75, 3.05) is 12.3 Å². The number of benzene rings is 2. The summed E-state index contributed by atoms with van der Waals surface area (Å²) in [6.45, 7) is 0.383. The molecule has 0 saturated carbocycles. The topological polar surface area (TPSA) is 226 Å². The van der Waals surface area contributed by atoms with Gasteiger partial charge in [-0.05, 0) is 42.3 Å². The molecular formula is C26H26N4O12S. The molecule has 16 nitrogen and oxygen atoms in total. The Morgan fingerprint density at radius 2 is 1.51 bits per heavy atom. The van der Waals surface area contributed by atoms with Gasteiger partial charge in [0.1, 0.15) is 18.9 Å². The van der Waals surface area contributed by atoms with E-state index in [-0.39, 0.29) is 35.9 Å². The smallest absolute Gasteiger partial charge is 0.407 e. The number of fused-ring (bicyclic) bond motifs is 1. The lowest BCUT2D eigenvalue weighted by molar-refractivity contribution is -0.385. The van der Waals surface area contributed by atoms with Gasteiger partial charge in [-0.3, -0.25) is 25.0 Å². The van der Waals surface area contributed by atoms with Crippen LogP contribution in [0.25, 0.3) is 0 Å². The number of nitro groups is 2. The first kappa shape index (κ1) is 31.0. The van der Waals surface area contributed by atoms with Crippen molar-refractivity contribution >= 4 is 39.2 Å². The molecule has 2 N–H and O–H groups in total. The highest BCUT2D eigenvalue weighted by Gasteiger charge is 2.58. The number of hydrogen-bond donors (Lipinski definition) is 2. The number of carbonyl (C=O) groups excluding carboxylic acids is 3. The Kier molecular flexibility index (Phi) is 9.05. The molecule has 0 aliphatic carbocycles. The molecule has 228 valence electrons. The Morgan fingerprint density at radius 1 is 1.00 bits per heavy atom. The molecule has 0 spiro atoms. The van der Waals surface area contributed by atoms with E-state index in [2.05, 4.69) is 5.32 Å². The molecule has 0 unspecified atom stereocenters. The molecule has 3 atom stereocenters. The number of alkyl carbamates (subject to hydrolysis) is 1. The Balaban J connectivity index is 1.41. The highest BCUT2D eigenvalue weighted by molar-refractivity contribution is 7.95. The number of β-lactam (4-membered cyclic amide) rings is 1. The zero-order valence-corrected chi connectivity index (χ0v) is 23.4. The van der Waals surface area contributed by atoms with Crippen LogP contribution < -0.4 is 5.32 Å². The van der Waals surface area contributed by atoms with Gasteiger partial charge >= 0.3 is 12.1 Å². The summed E-state index contributed by atoms with van der Waals surface area (Å²) in [5.74, 6) is -3.31. The molecule has 0 radical (unpaired) electrons. The van der Waals surface area contributed by atoms with Gasteiger partial charge in [-0.15, -0.1) is 0 Å². The van der Waals surface area contributed by atoms with Gasteiger partial charge in [0.05, 0.1) is 38.6 Å². The summed E-state index contributed by atoms with van der Waals surface area (Å²) in [4.78, 5) is 58.9. The standard InChI is InChI=1S/C26H26N4O12S/c1-15(31)22-20-12-21(23(28(20)24(22)32)25(33)41-13-16-2-6-18(7-3-16)29(35)36)43(39,40)11-10-27-26(34)42-14-17-4-8-19(9-5-17)30(37)38/h2-9,15,20,22,31H,10-14H2,1H3,(H,27,34)/t15-,20-,22-/m1/s1. The second-order valence-electron chi connectivity index (χ2n) is 9.76. The van der Waals surface area contributed by atoms with Crippen LogP contribution in [0.3, 0.4) is 0 Å². The molecule has 43 heavy (non-hydrogen) atoms. The first-order chi connectivity index (χ1) is 20.3. The van der Waals surface area contributed by atoms with E-state index in [1.54, 1.807) is 0 Å². The van der Waals surface area contributed by atoms with Gasteiger partial charge in [0.2, 0.25) is 5.91 Å². The molecule has 17 heteroatoms. The molecule has 4 rings (SSSR count). The first-order valence-corrected chi connectivity index (χ1v) is 14.5. The predicted molar refractivity (Wildman–Crippen MR) is 145 cm³/mol. The maximum absolute atomic E-state index is 13.3. The lowest BCUT2D eigenvalue weighted by Crippen LogP contribution is -2.61. The van der Waals surface area contributed by atoms with Gasteiger partial charge in [0.25, 0.3) is 11.4 Å². The van der Waals surface area contributed by atoms with Crippen LogP contribution in [0.1, 0.15) is 24.5 Å². The second-order valence-corrected chi connectivity index (χ2v) is 11.9. The number of nitro benzene ring substituents is 2. The van der Waals surface area contributed by atoms with E-state index in [4.69, 9.17) is 9.47 Å². The molecule has 2 amide bonds. The van der Waals surface area contributed by atoms with Crippen LogP contribution >= 0.6 is 0 Å². The largest absolute Gasteiger partial charge is 0.456 e. The van der Waals surface area contributed by atoms with E-state index in [9.17, 15) is 48.1 Å². The van der Waals surface area contributed by atoms with Gasteiger partial charge in [-0.2, -0.15) is 0 Å². The van der Waals surface area contributed by atoms with Crippen LogP contribution in [-0.4, -0.2) is 70.7 Å². The van der Waals surface area contributed by atoms with E-state index in [0.717, 1.165) is 4.90 Å². The molecule has 2 aliphatic heterocycles. The van der Waals surface area contributed by atoms with E-state index in [1.165, 1.54) is 55.5 Å². The number of rotatable bonds is 12. The Morgan fingerprint density at radius 3 is 2.00 bits per heavy atom. The van der Waals surface area contributed by atoms with E-state index < -0.39 is 73.7 Å². The highest BCUT2D eigenvalue weighted by atomic mass is 32.2. The summed E-state index contributed by atoms with van der Waals surface area (Å²) in [5, 5.41) is 33.9. The Bertz CT molecular complexity index is 1590. The zero-order chi connectivity index (χ0) is 31.5. The lowest BCUT2D eigenvalue weighted by atomic mass is 9.83. The van der Waals surface area contributed by atoms with Crippen LogP contribution in [0.5, 0.6) is 0 Å². The number of carbonyl (C=O) groups is 3. The molecule has 0 aromatic heterocycles. The van der Waals surface area contributed by atoms with E-state index >= 15 is 0 Å². The highest BCUT2D eigenvalue weighted by Crippen LogP contribution is 2.45. The fraction of sp³-hybridized carbons (Fsp3) is 0.346. The van der Waals surface area contributed by atoms with Crippen molar-refractivity contribution in [3.63, 3.8) is 0 Å². The van der Waals surface area contributed by atoms with Crippen LogP contribution in [0, 0.1) is 26.1 Å². The van der Waals surface area contributed by atoms with Crippen LogP contribution in [0.4, 0.5) is 16.2 Å². The molecule has 2 aromatic carbocycles. The fourth-order valence-corrected chi connectivity index (χ4v) is 6.27. The molecule has 0 bridgehead atoms. The SMILES string of the molecule is C[C@@H](O)[C@H]1C(=O)N2C(C(=O)OCc3ccc([N+](=O)[O-])cc3)=C(S(=O)(=O)CCNC(=O)OCc3ccc([N+](=O)[O-])cc3)C[C@H]12. The van der Waals surface area contributed by atoms with Crippen LogP contribution in [0.15, 0.2) is 59.1 Å². The summed E-state index contributed by atoms with van der Waals surface area (Å²) >= 11 is 0. The van der Waals surface area contributed by atoms with Crippen molar-refractivity contribution in [2.45, 2.75) is 38.7 Å². The van der Waals surface area contributed by atoms with Gasteiger partial charge in [-0.1, -0.05) is 0 Å². The normalized spacial score (nSPS) is 18.4. The molecule has 1 fully saturated rings. The fourth-order valence-electron chi connectivity index (χ4n) is 4.75. The number of nitrogens with one attached hydrogen (secondary N) is 1. The number of hydrogen-bond acceptors (Lipinski definition) is 12. The molecule has 1 saturated heterocycles. The Hall–Kier alpha value is -4.90. The number of aliphatic hydroxyl groups is 1. The minimum absolute atomic E-state index is 0.138. The predicted octanol–water partition coefficient (Wildman–Crippen LogP) is 1.71. The maximum Gasteiger partial charge on any atom is 0.407 e. The summed E-state index contributed by atoms with van der Waals surface area (Å²) in [6.07, 6.45) is -2.29. The lowest BCUT2D eigenvalue weighted by Gasteiger charge is -2.44. The van der Waals surface area contributed by atoms with Crippen molar-refractivity contribution < 1.29 is 47.2 Å². The third-order valence-electron chi connectivity index (χ3n) is 6.93. The number of aliphatic hydroxyl groups excluding tert-OH is 1. The van der Waals surface area contributed by atoms with Crippen LogP contribution in [-0.2, 0) is 42.1 Å². The number of nitrogens with zero attached hydrogens (tertiary/aromatic N) is 3. The third-order valence-corrected chi connectivity index (χ3v) is 8.78. The van der Waals surface area contributed by atoms with Gasteiger partial charge in [-0.25, -0.2) is 18.0 Å². The van der Waals surface area contributed by atoms with Gasteiger partial charge in [0.15, 0.2) is 9.84 Å². The molecular weight excluding hydrogens is 592 g/mol. The average Bonchev–Trinajstić information content (AvgIpc) is 3.31. The monoisotopic (exact) mass is 618 g/mol. The van der Waals surface area contributed by atoms with Gasteiger partial charge < -0.3 is 24.8 Å². The summed E-state index contributed by atoms with van der Waals surface area (Å²) in [6, 6.07) is 9.64. The maximum atomic E-state index is 13.3. The zero-order valence-electron chi connectivity index (χ0n) is 22.6. The number of esters is 1. The number of ether oxygens (including phenoxy) is 2. The summed E-state index contributed by atoms with van der Waals surface area (Å²) in [7, 11) is -4.23. The number of sulfone groups is 1. The van der Waals surface area contributed by atoms with E-state index in [0.29, 0.717) is 11.1 Å². The molecule has 2 aromatic rings. The van der Waals surface area contributed by atoms with Crippen molar-refractivity contribution in [2.24, 2.45) is 5.92 Å². The third kappa shape index (κ3) is 6.78. The van der Waals surface area contributed by atoms with Crippen molar-refractivity contribution in [3.05, 3.63) is 90.5 Å². The molecule has 2 heterocycles. The summed E-state index contributed by atoms with van der Waals surface area (Å²) < 4.78 is 36.9.